The second kappa shape index (κ2) is 7.66. The third-order valence-electron chi connectivity index (χ3n) is 3.01. The van der Waals surface area contributed by atoms with Gasteiger partial charge in [0.2, 0.25) is 0 Å². The van der Waals surface area contributed by atoms with Crippen LogP contribution in [0, 0.1) is 0 Å². The molecule has 0 amide bonds. The van der Waals surface area contributed by atoms with Gasteiger partial charge in [-0.15, -0.1) is 0 Å². The van der Waals surface area contributed by atoms with Crippen LogP contribution >= 0.6 is 27.5 Å². The van der Waals surface area contributed by atoms with Crippen molar-refractivity contribution in [2.75, 3.05) is 12.9 Å². The molecule has 0 heterocycles. The van der Waals surface area contributed by atoms with E-state index in [4.69, 9.17) is 20.5 Å². The van der Waals surface area contributed by atoms with Gasteiger partial charge in [-0.2, -0.15) is 8.42 Å². The molecule has 0 fully saturated rings. The molecular weight excluding hydrogens is 404 g/mol. The summed E-state index contributed by atoms with van der Waals surface area (Å²) >= 11 is 9.60. The zero-order valence-electron chi connectivity index (χ0n) is 12.6. The second-order valence-corrected chi connectivity index (χ2v) is 7.77. The van der Waals surface area contributed by atoms with E-state index in [2.05, 4.69) is 15.9 Å². The predicted octanol–water partition coefficient (Wildman–Crippen LogP) is 4.57. The minimum atomic E-state index is -3.67. The van der Waals surface area contributed by atoms with Crippen LogP contribution in [0.5, 0.6) is 5.75 Å². The van der Waals surface area contributed by atoms with Crippen LogP contribution < -0.4 is 4.74 Å². The van der Waals surface area contributed by atoms with Crippen molar-refractivity contribution in [1.82, 2.24) is 0 Å². The van der Waals surface area contributed by atoms with Crippen molar-refractivity contribution in [3.8, 4) is 5.75 Å². The van der Waals surface area contributed by atoms with Gasteiger partial charge >= 0.3 is 0 Å². The summed E-state index contributed by atoms with van der Waals surface area (Å²) in [5, 5.41) is 0.427. The highest BCUT2D eigenvalue weighted by Gasteiger charge is 2.23. The van der Waals surface area contributed by atoms with Crippen molar-refractivity contribution >= 4 is 37.6 Å². The highest BCUT2D eigenvalue weighted by Crippen LogP contribution is 2.35. The van der Waals surface area contributed by atoms with Gasteiger partial charge in [-0.05, 0) is 42.8 Å². The lowest BCUT2D eigenvalue weighted by molar-refractivity contribution is 0.256. The molecule has 0 aromatic heterocycles. The quantitative estimate of drug-likeness (QED) is 0.644. The third-order valence-corrected chi connectivity index (χ3v) is 4.38. The molecule has 0 N–H and O–H groups in total. The largest absolute Gasteiger partial charge is 0.494 e. The van der Waals surface area contributed by atoms with E-state index in [1.54, 1.807) is 42.5 Å². The first-order chi connectivity index (χ1) is 10.8. The van der Waals surface area contributed by atoms with Crippen LogP contribution in [0.3, 0.4) is 0 Å². The Morgan fingerprint density at radius 3 is 2.39 bits per heavy atom. The lowest BCUT2D eigenvalue weighted by atomic mass is 10.0. The van der Waals surface area contributed by atoms with E-state index >= 15 is 0 Å². The molecule has 2 aromatic rings. The van der Waals surface area contributed by atoms with E-state index < -0.39 is 16.2 Å². The van der Waals surface area contributed by atoms with Crippen molar-refractivity contribution in [3.63, 3.8) is 0 Å². The molecule has 0 aliphatic heterocycles. The Balaban J connectivity index is 2.47. The molecule has 1 unspecified atom stereocenters. The van der Waals surface area contributed by atoms with Crippen LogP contribution in [0.4, 0.5) is 0 Å². The number of hydrogen-bond acceptors (Lipinski definition) is 4. The second-order valence-electron chi connectivity index (χ2n) is 4.85. The number of ether oxygens (including phenoxy) is 1. The van der Waals surface area contributed by atoms with Gasteiger partial charge in [0, 0.05) is 15.1 Å². The molecule has 2 rings (SSSR count). The van der Waals surface area contributed by atoms with Crippen LogP contribution in [0.15, 0.2) is 46.9 Å². The van der Waals surface area contributed by atoms with E-state index in [0.717, 1.165) is 10.7 Å². The number of halogens is 2. The summed E-state index contributed by atoms with van der Waals surface area (Å²) in [5.41, 5.74) is 1.23. The monoisotopic (exact) mass is 418 g/mol. The SMILES string of the molecule is CCOc1ccc(C(OS(C)(=O)=O)c2cc(Br)ccc2Cl)cc1. The molecule has 0 aliphatic carbocycles. The molecule has 0 saturated carbocycles. The lowest BCUT2D eigenvalue weighted by Crippen LogP contribution is -2.12. The average molecular weight is 420 g/mol. The molecule has 1 atom stereocenters. The molecular formula is C16H16BrClO4S. The fraction of sp³-hybridized carbons (Fsp3) is 0.250. The Morgan fingerprint density at radius 1 is 1.17 bits per heavy atom. The summed E-state index contributed by atoms with van der Waals surface area (Å²) in [4.78, 5) is 0. The Labute approximate surface area is 149 Å². The van der Waals surface area contributed by atoms with Gasteiger partial charge in [-0.3, -0.25) is 4.18 Å². The van der Waals surface area contributed by atoms with Crippen LogP contribution in [-0.4, -0.2) is 21.3 Å². The Bertz CT molecular complexity index is 775. The van der Waals surface area contributed by atoms with Gasteiger partial charge in [0.1, 0.15) is 11.9 Å². The minimum absolute atomic E-state index is 0.427. The summed E-state index contributed by atoms with van der Waals surface area (Å²) in [5.74, 6) is 0.703. The number of rotatable bonds is 6. The van der Waals surface area contributed by atoms with Crippen LogP contribution in [0.1, 0.15) is 24.2 Å². The van der Waals surface area contributed by atoms with E-state index in [-0.39, 0.29) is 0 Å². The highest BCUT2D eigenvalue weighted by atomic mass is 79.9. The first kappa shape index (κ1) is 18.3. The molecule has 0 saturated heterocycles. The summed E-state index contributed by atoms with van der Waals surface area (Å²) in [6.45, 7) is 2.45. The molecule has 7 heteroatoms. The molecule has 0 bridgehead atoms. The molecule has 0 spiro atoms. The van der Waals surface area contributed by atoms with E-state index in [9.17, 15) is 8.42 Å². The topological polar surface area (TPSA) is 52.6 Å². The Hall–Kier alpha value is -1.08. The zero-order chi connectivity index (χ0) is 17.0. The van der Waals surface area contributed by atoms with Crippen molar-refractivity contribution in [1.29, 1.82) is 0 Å². The summed E-state index contributed by atoms with van der Waals surface area (Å²) < 4.78 is 34.8. The number of hydrogen-bond donors (Lipinski definition) is 0. The molecule has 2 aromatic carbocycles. The maximum absolute atomic E-state index is 11.7. The highest BCUT2D eigenvalue weighted by molar-refractivity contribution is 9.10. The van der Waals surface area contributed by atoms with Gasteiger partial charge < -0.3 is 4.74 Å². The maximum atomic E-state index is 11.7. The Kier molecular flexibility index (Phi) is 6.08. The summed E-state index contributed by atoms with van der Waals surface area (Å²) in [6, 6.07) is 12.3. The van der Waals surface area contributed by atoms with Crippen molar-refractivity contribution < 1.29 is 17.3 Å². The van der Waals surface area contributed by atoms with E-state index in [1.165, 1.54) is 0 Å². The van der Waals surface area contributed by atoms with Crippen molar-refractivity contribution in [3.05, 3.63) is 63.1 Å². The fourth-order valence-corrected chi connectivity index (χ4v) is 3.24. The maximum Gasteiger partial charge on any atom is 0.265 e. The van der Waals surface area contributed by atoms with Crippen LogP contribution in [0.2, 0.25) is 5.02 Å². The fourth-order valence-electron chi connectivity index (χ4n) is 2.08. The third kappa shape index (κ3) is 5.21. The Morgan fingerprint density at radius 2 is 1.83 bits per heavy atom. The predicted molar refractivity (Wildman–Crippen MR) is 94.5 cm³/mol. The molecule has 124 valence electrons. The smallest absolute Gasteiger partial charge is 0.265 e. The standard InChI is InChI=1S/C16H16BrClO4S/c1-3-21-13-7-4-11(5-8-13)16(22-23(2,19)20)14-10-12(17)6-9-15(14)18/h4-10,16H,3H2,1-2H3. The molecule has 4 nitrogen and oxygen atoms in total. The molecule has 0 radical (unpaired) electrons. The van der Waals surface area contributed by atoms with Gasteiger partial charge in [0.05, 0.1) is 12.9 Å². The lowest BCUT2D eigenvalue weighted by Gasteiger charge is -2.19. The molecule has 23 heavy (non-hydrogen) atoms. The average Bonchev–Trinajstić information content (AvgIpc) is 2.48. The first-order valence-electron chi connectivity index (χ1n) is 6.86. The van der Waals surface area contributed by atoms with E-state index in [1.807, 2.05) is 6.92 Å². The normalized spacial score (nSPS) is 12.9. The summed E-state index contributed by atoms with van der Waals surface area (Å²) in [7, 11) is -3.67. The van der Waals surface area contributed by atoms with Gasteiger partial charge in [0.15, 0.2) is 0 Å². The van der Waals surface area contributed by atoms with Gasteiger partial charge in [-0.25, -0.2) is 0 Å². The molecule has 0 aliphatic rings. The minimum Gasteiger partial charge on any atom is -0.494 e. The van der Waals surface area contributed by atoms with Gasteiger partial charge in [-0.1, -0.05) is 39.7 Å². The summed E-state index contributed by atoms with van der Waals surface area (Å²) in [6.07, 6.45) is 0.186. The first-order valence-corrected chi connectivity index (χ1v) is 9.85. The van der Waals surface area contributed by atoms with Crippen LogP contribution in [0.25, 0.3) is 0 Å². The van der Waals surface area contributed by atoms with Gasteiger partial charge in [0.25, 0.3) is 10.1 Å². The van der Waals surface area contributed by atoms with Crippen molar-refractivity contribution in [2.24, 2.45) is 0 Å². The zero-order valence-corrected chi connectivity index (χ0v) is 15.8. The van der Waals surface area contributed by atoms with Crippen molar-refractivity contribution in [2.45, 2.75) is 13.0 Å². The van der Waals surface area contributed by atoms with Crippen LogP contribution in [-0.2, 0) is 14.3 Å². The number of benzene rings is 2. The van der Waals surface area contributed by atoms with E-state index in [0.29, 0.717) is 28.5 Å².